The molecule has 0 aromatic carbocycles. The second kappa shape index (κ2) is 12.1. The fraction of sp³-hybridized carbons (Fsp3) is 0.615. The van der Waals surface area contributed by atoms with Gasteiger partial charge in [0.25, 0.3) is 0 Å². The van der Waals surface area contributed by atoms with Crippen LogP contribution in [0.5, 0.6) is 0 Å². The monoisotopic (exact) mass is 489 g/mol. The molecule has 0 amide bonds. The maximum absolute atomic E-state index is 14.7. The topological polar surface area (TPSA) is 80.3 Å². The van der Waals surface area contributed by atoms with Gasteiger partial charge in [0.2, 0.25) is 5.95 Å². The van der Waals surface area contributed by atoms with Gasteiger partial charge < -0.3 is 25.4 Å². The largest absolute Gasteiger partial charge is 0.383 e. The first-order valence-electron chi connectivity index (χ1n) is 12.6. The van der Waals surface area contributed by atoms with Gasteiger partial charge in [-0.2, -0.15) is 4.39 Å². The molecular weight excluding hydrogens is 452 g/mol. The molecule has 1 aliphatic heterocycles. The average Bonchev–Trinajstić information content (AvgIpc) is 2.86. The number of methoxy groups -OCH3 is 1. The molecule has 1 saturated carbocycles. The van der Waals surface area contributed by atoms with Gasteiger partial charge in [0.15, 0.2) is 0 Å². The Labute approximate surface area is 206 Å². The van der Waals surface area contributed by atoms with Crippen molar-refractivity contribution >= 4 is 11.5 Å². The van der Waals surface area contributed by atoms with Gasteiger partial charge in [-0.25, -0.2) is 14.4 Å². The smallest absolute Gasteiger partial charge is 0.236 e. The number of nitrogens with one attached hydrogen (secondary N) is 3. The van der Waals surface area contributed by atoms with Crippen molar-refractivity contribution in [2.75, 3.05) is 50.7 Å². The second-order valence-corrected chi connectivity index (χ2v) is 10.0. The number of pyridine rings is 2. The van der Waals surface area contributed by atoms with E-state index in [0.717, 1.165) is 45.1 Å². The van der Waals surface area contributed by atoms with E-state index in [-0.39, 0.29) is 17.1 Å². The lowest BCUT2D eigenvalue weighted by molar-refractivity contribution is 0.0300. The molecule has 1 saturated heterocycles. The van der Waals surface area contributed by atoms with Crippen LogP contribution in [0.4, 0.5) is 20.3 Å². The normalized spacial score (nSPS) is 22.1. The number of nitrogens with zero attached hydrogens (tertiary/aromatic N) is 2. The summed E-state index contributed by atoms with van der Waals surface area (Å²) in [7, 11) is 1.71. The van der Waals surface area contributed by atoms with E-state index in [1.807, 2.05) is 0 Å². The fourth-order valence-electron chi connectivity index (χ4n) is 4.82. The molecule has 0 radical (unpaired) electrons. The molecule has 7 nitrogen and oxygen atoms in total. The van der Waals surface area contributed by atoms with Gasteiger partial charge in [-0.05, 0) is 56.1 Å². The van der Waals surface area contributed by atoms with Gasteiger partial charge in [0.1, 0.15) is 11.6 Å². The highest BCUT2D eigenvalue weighted by molar-refractivity contribution is 5.69. The van der Waals surface area contributed by atoms with Gasteiger partial charge in [-0.1, -0.05) is 6.92 Å². The first-order valence-corrected chi connectivity index (χ1v) is 12.6. The number of rotatable bonds is 10. The molecule has 192 valence electrons. The van der Waals surface area contributed by atoms with Crippen LogP contribution >= 0.6 is 0 Å². The van der Waals surface area contributed by atoms with Crippen LogP contribution < -0.4 is 16.0 Å². The first kappa shape index (κ1) is 25.7. The summed E-state index contributed by atoms with van der Waals surface area (Å²) in [6, 6.07) is 4.10. The van der Waals surface area contributed by atoms with E-state index >= 15 is 0 Å². The van der Waals surface area contributed by atoms with Crippen LogP contribution in [0.3, 0.4) is 0 Å². The average molecular weight is 490 g/mol. The van der Waals surface area contributed by atoms with Crippen molar-refractivity contribution in [1.29, 1.82) is 0 Å². The van der Waals surface area contributed by atoms with Crippen molar-refractivity contribution in [2.24, 2.45) is 5.41 Å². The van der Waals surface area contributed by atoms with E-state index in [1.165, 1.54) is 12.4 Å². The molecule has 3 N–H and O–H groups in total. The third-order valence-corrected chi connectivity index (χ3v) is 7.23. The number of halogens is 2. The summed E-state index contributed by atoms with van der Waals surface area (Å²) >= 11 is 0. The predicted octanol–water partition coefficient (Wildman–Crippen LogP) is 4.61. The Morgan fingerprint density at radius 1 is 1.06 bits per heavy atom. The van der Waals surface area contributed by atoms with Crippen LogP contribution in [0, 0.1) is 17.2 Å². The Morgan fingerprint density at radius 3 is 2.54 bits per heavy atom. The predicted molar refractivity (Wildman–Crippen MR) is 134 cm³/mol. The molecule has 2 aromatic rings. The fourth-order valence-corrected chi connectivity index (χ4v) is 4.82. The number of anilines is 2. The number of hydrogen-bond donors (Lipinski definition) is 3. The van der Waals surface area contributed by atoms with Crippen LogP contribution in [-0.4, -0.2) is 62.1 Å². The highest BCUT2D eigenvalue weighted by Crippen LogP contribution is 2.32. The summed E-state index contributed by atoms with van der Waals surface area (Å²) in [5.41, 5.74) is 1.17. The summed E-state index contributed by atoms with van der Waals surface area (Å²) in [5.74, 6) is -0.434. The number of ether oxygens (including phenoxy) is 2. The summed E-state index contributed by atoms with van der Waals surface area (Å²) in [6.45, 7) is 5.77. The van der Waals surface area contributed by atoms with Crippen molar-refractivity contribution < 1.29 is 18.3 Å². The Morgan fingerprint density at radius 2 is 1.80 bits per heavy atom. The van der Waals surface area contributed by atoms with E-state index in [0.29, 0.717) is 49.4 Å². The Bertz CT molecular complexity index is 963. The Balaban J connectivity index is 1.40. The van der Waals surface area contributed by atoms with Crippen LogP contribution in [-0.2, 0) is 9.47 Å². The molecule has 0 bridgehead atoms. The zero-order valence-electron chi connectivity index (χ0n) is 20.7. The lowest BCUT2D eigenvalue weighted by atomic mass is 9.82. The van der Waals surface area contributed by atoms with Gasteiger partial charge >= 0.3 is 0 Å². The minimum absolute atomic E-state index is 0.0258. The minimum Gasteiger partial charge on any atom is -0.383 e. The van der Waals surface area contributed by atoms with Crippen LogP contribution in [0.25, 0.3) is 11.1 Å². The molecule has 2 aromatic heterocycles. The van der Waals surface area contributed by atoms with Gasteiger partial charge in [0, 0.05) is 62.8 Å². The van der Waals surface area contributed by atoms with Crippen LogP contribution in [0.1, 0.15) is 45.4 Å². The van der Waals surface area contributed by atoms with Gasteiger partial charge in [-0.15, -0.1) is 0 Å². The van der Waals surface area contributed by atoms with Crippen LogP contribution in [0.2, 0.25) is 0 Å². The lowest BCUT2D eigenvalue weighted by Gasteiger charge is -2.33. The number of aromatic nitrogens is 2. The SMILES string of the molecule is COCCN[C@H]1CC[C@H](Nc2cc(-c3cnc(F)c(NCC4(C)CCOCC4)c3)c(F)cn2)CC1. The standard InChI is InChI=1S/C26H37F2N5O2/c1-26(7-10-35-11-8-26)17-32-23-13-18(15-31-25(23)28)21-14-24(30-16-22(21)27)33-20-5-3-19(4-6-20)29-9-12-34-2/h13-16,19-20,29,32H,3-12,17H2,1-2H3,(H,30,33)/t19-,20-. The molecule has 2 fully saturated rings. The third kappa shape index (κ3) is 7.08. The molecule has 1 aliphatic carbocycles. The zero-order chi connectivity index (χ0) is 24.7. The number of hydrogen-bond acceptors (Lipinski definition) is 7. The Hall–Kier alpha value is -2.36. The second-order valence-electron chi connectivity index (χ2n) is 10.0. The maximum Gasteiger partial charge on any atom is 0.236 e. The summed E-state index contributed by atoms with van der Waals surface area (Å²) in [6.07, 6.45) is 8.56. The van der Waals surface area contributed by atoms with E-state index in [1.54, 1.807) is 19.2 Å². The molecule has 0 spiro atoms. The van der Waals surface area contributed by atoms with Crippen molar-refractivity contribution in [3.05, 3.63) is 36.3 Å². The summed E-state index contributed by atoms with van der Waals surface area (Å²) in [5, 5.41) is 10.2. The molecule has 35 heavy (non-hydrogen) atoms. The maximum atomic E-state index is 14.7. The Kier molecular flexibility index (Phi) is 8.86. The minimum atomic E-state index is -0.590. The molecular formula is C26H37F2N5O2. The first-order chi connectivity index (χ1) is 17.0. The molecule has 9 heteroatoms. The third-order valence-electron chi connectivity index (χ3n) is 7.23. The molecule has 4 rings (SSSR count). The quantitative estimate of drug-likeness (QED) is 0.332. The molecule has 0 unspecified atom stereocenters. The highest BCUT2D eigenvalue weighted by Gasteiger charge is 2.27. The van der Waals surface area contributed by atoms with Gasteiger partial charge in [-0.3, -0.25) is 0 Å². The lowest BCUT2D eigenvalue weighted by Crippen LogP contribution is -2.38. The zero-order valence-corrected chi connectivity index (χ0v) is 20.7. The highest BCUT2D eigenvalue weighted by atomic mass is 19.1. The van der Waals surface area contributed by atoms with Crippen molar-refractivity contribution in [2.45, 2.75) is 57.5 Å². The van der Waals surface area contributed by atoms with Gasteiger partial charge in [0.05, 0.1) is 18.5 Å². The van der Waals surface area contributed by atoms with Crippen LogP contribution in [0.15, 0.2) is 24.5 Å². The van der Waals surface area contributed by atoms with Crippen molar-refractivity contribution in [3.8, 4) is 11.1 Å². The molecule has 0 atom stereocenters. The van der Waals surface area contributed by atoms with E-state index in [2.05, 4.69) is 32.8 Å². The molecule has 2 aliphatic rings. The summed E-state index contributed by atoms with van der Waals surface area (Å²) < 4.78 is 39.7. The van der Waals surface area contributed by atoms with Crippen molar-refractivity contribution in [3.63, 3.8) is 0 Å². The van der Waals surface area contributed by atoms with Crippen molar-refractivity contribution in [1.82, 2.24) is 15.3 Å². The summed E-state index contributed by atoms with van der Waals surface area (Å²) in [4.78, 5) is 8.13. The van der Waals surface area contributed by atoms with E-state index in [4.69, 9.17) is 9.47 Å². The van der Waals surface area contributed by atoms with E-state index in [9.17, 15) is 8.78 Å². The molecule has 3 heterocycles. The van der Waals surface area contributed by atoms with E-state index < -0.39 is 11.8 Å².